The first kappa shape index (κ1) is 12.4. The number of nitrogens with zero attached hydrogens (tertiary/aromatic N) is 1. The molecule has 0 bridgehead atoms. The Morgan fingerprint density at radius 1 is 1.28 bits per heavy atom. The molecule has 0 aliphatic heterocycles. The van der Waals surface area contributed by atoms with Crippen LogP contribution in [-0.2, 0) is 6.42 Å². The topological polar surface area (TPSA) is 34.1 Å². The van der Waals surface area contributed by atoms with Crippen LogP contribution in [0.4, 0.5) is 10.2 Å². The van der Waals surface area contributed by atoms with Gasteiger partial charge in [-0.05, 0) is 36.2 Å². The summed E-state index contributed by atoms with van der Waals surface area (Å²) in [4.78, 5) is 3.93. The molecule has 94 valence electrons. The van der Waals surface area contributed by atoms with Gasteiger partial charge in [-0.1, -0.05) is 12.1 Å². The second-order valence-electron chi connectivity index (χ2n) is 3.89. The molecule has 3 nitrogen and oxygen atoms in total. The summed E-state index contributed by atoms with van der Waals surface area (Å²) < 4.78 is 17.8. The Bertz CT molecular complexity index is 499. The van der Waals surface area contributed by atoms with Gasteiger partial charge in [-0.2, -0.15) is 0 Å². The Morgan fingerprint density at radius 2 is 2.17 bits per heavy atom. The number of hydrogen-bond donors (Lipinski definition) is 1. The maximum absolute atomic E-state index is 12.7. The van der Waals surface area contributed by atoms with Gasteiger partial charge in [-0.3, -0.25) is 0 Å². The highest BCUT2D eigenvalue weighted by atomic mass is 19.1. The Morgan fingerprint density at radius 3 is 2.89 bits per heavy atom. The van der Waals surface area contributed by atoms with Crippen molar-refractivity contribution in [3.8, 4) is 5.75 Å². The van der Waals surface area contributed by atoms with Gasteiger partial charge >= 0.3 is 0 Å². The molecule has 18 heavy (non-hydrogen) atoms. The fourth-order valence-electron chi connectivity index (χ4n) is 1.64. The molecule has 0 unspecified atom stereocenters. The van der Waals surface area contributed by atoms with Crippen molar-refractivity contribution in [2.24, 2.45) is 0 Å². The van der Waals surface area contributed by atoms with E-state index in [9.17, 15) is 4.39 Å². The molecule has 0 aliphatic rings. The number of anilines is 1. The predicted molar refractivity (Wildman–Crippen MR) is 69.4 cm³/mol. The predicted octanol–water partition coefficient (Wildman–Crippen LogP) is 2.88. The van der Waals surface area contributed by atoms with Crippen LogP contribution >= 0.6 is 0 Å². The monoisotopic (exact) mass is 246 g/mol. The van der Waals surface area contributed by atoms with Gasteiger partial charge in [-0.15, -0.1) is 0 Å². The van der Waals surface area contributed by atoms with Gasteiger partial charge in [0.1, 0.15) is 17.4 Å². The summed E-state index contributed by atoms with van der Waals surface area (Å²) in [5.74, 6) is 1.21. The number of pyridine rings is 1. The standard InChI is InChI=1S/C14H15FN2O/c1-18-13-4-2-3-11(9-13)7-8-16-14-6-5-12(15)10-17-14/h2-6,9-10H,7-8H2,1H3,(H,16,17). The van der Waals surface area contributed by atoms with Crippen LogP contribution in [0.25, 0.3) is 0 Å². The van der Waals surface area contributed by atoms with Crippen molar-refractivity contribution in [3.63, 3.8) is 0 Å². The number of benzene rings is 1. The van der Waals surface area contributed by atoms with Gasteiger partial charge in [0, 0.05) is 6.54 Å². The minimum atomic E-state index is -0.326. The second kappa shape index (κ2) is 6.00. The fraction of sp³-hybridized carbons (Fsp3) is 0.214. The minimum Gasteiger partial charge on any atom is -0.497 e. The fourth-order valence-corrected chi connectivity index (χ4v) is 1.64. The molecule has 0 fully saturated rings. The highest BCUT2D eigenvalue weighted by Crippen LogP contribution is 2.13. The van der Waals surface area contributed by atoms with Gasteiger partial charge in [0.2, 0.25) is 0 Å². The average molecular weight is 246 g/mol. The molecule has 2 rings (SSSR count). The van der Waals surface area contributed by atoms with Gasteiger partial charge in [0.25, 0.3) is 0 Å². The van der Waals surface area contributed by atoms with Crippen molar-refractivity contribution in [3.05, 3.63) is 54.0 Å². The maximum Gasteiger partial charge on any atom is 0.141 e. The number of aromatic nitrogens is 1. The molecule has 0 saturated carbocycles. The van der Waals surface area contributed by atoms with Crippen molar-refractivity contribution in [2.45, 2.75) is 6.42 Å². The van der Waals surface area contributed by atoms with Crippen LogP contribution in [0.2, 0.25) is 0 Å². The Balaban J connectivity index is 1.86. The van der Waals surface area contributed by atoms with Crippen molar-refractivity contribution in [1.82, 2.24) is 4.98 Å². The van der Waals surface area contributed by atoms with Gasteiger partial charge in [-0.25, -0.2) is 9.37 Å². The summed E-state index contributed by atoms with van der Waals surface area (Å²) >= 11 is 0. The highest BCUT2D eigenvalue weighted by molar-refractivity contribution is 5.34. The first-order valence-electron chi connectivity index (χ1n) is 5.76. The van der Waals surface area contributed by atoms with Crippen molar-refractivity contribution < 1.29 is 9.13 Å². The molecule has 1 aromatic carbocycles. The largest absolute Gasteiger partial charge is 0.497 e. The Kier molecular flexibility index (Phi) is 4.12. The zero-order valence-corrected chi connectivity index (χ0v) is 10.2. The third kappa shape index (κ3) is 3.45. The van der Waals surface area contributed by atoms with E-state index < -0.39 is 0 Å². The average Bonchev–Trinajstić information content (AvgIpc) is 2.41. The van der Waals surface area contributed by atoms with Gasteiger partial charge < -0.3 is 10.1 Å². The van der Waals surface area contributed by atoms with Crippen molar-refractivity contribution in [1.29, 1.82) is 0 Å². The zero-order valence-electron chi connectivity index (χ0n) is 10.2. The van der Waals surface area contributed by atoms with E-state index in [1.165, 1.54) is 17.8 Å². The molecule has 0 radical (unpaired) electrons. The van der Waals surface area contributed by atoms with Gasteiger partial charge in [0.05, 0.1) is 13.3 Å². The molecule has 0 atom stereocenters. The van der Waals surface area contributed by atoms with E-state index in [0.717, 1.165) is 18.7 Å². The minimum absolute atomic E-state index is 0.326. The van der Waals surface area contributed by atoms with Crippen LogP contribution in [0.5, 0.6) is 5.75 Å². The van der Waals surface area contributed by atoms with Crippen LogP contribution in [0, 0.1) is 5.82 Å². The van der Waals surface area contributed by atoms with Crippen LogP contribution < -0.4 is 10.1 Å². The van der Waals surface area contributed by atoms with E-state index in [2.05, 4.69) is 10.3 Å². The molecule has 0 saturated heterocycles. The van der Waals surface area contributed by atoms with Crippen LogP contribution in [0.3, 0.4) is 0 Å². The molecule has 0 amide bonds. The summed E-state index contributed by atoms with van der Waals surface area (Å²) in [6.45, 7) is 0.742. The van der Waals surface area contributed by atoms with Crippen LogP contribution in [0.15, 0.2) is 42.6 Å². The Hall–Kier alpha value is -2.10. The normalized spacial score (nSPS) is 10.1. The lowest BCUT2D eigenvalue weighted by Gasteiger charge is -2.06. The van der Waals surface area contributed by atoms with E-state index >= 15 is 0 Å². The third-order valence-corrected chi connectivity index (χ3v) is 2.58. The lowest BCUT2D eigenvalue weighted by molar-refractivity contribution is 0.414. The van der Waals surface area contributed by atoms with E-state index in [-0.39, 0.29) is 5.82 Å². The van der Waals surface area contributed by atoms with Crippen molar-refractivity contribution >= 4 is 5.82 Å². The van der Waals surface area contributed by atoms with Crippen LogP contribution in [-0.4, -0.2) is 18.6 Å². The van der Waals surface area contributed by atoms with Crippen molar-refractivity contribution in [2.75, 3.05) is 19.0 Å². The van der Waals surface area contributed by atoms with Gasteiger partial charge in [0.15, 0.2) is 0 Å². The first-order chi connectivity index (χ1) is 8.78. The molecule has 2 aromatic rings. The molecule has 0 aliphatic carbocycles. The number of hydrogen-bond acceptors (Lipinski definition) is 3. The summed E-state index contributed by atoms with van der Waals surface area (Å²) in [5.41, 5.74) is 1.18. The zero-order chi connectivity index (χ0) is 12.8. The number of rotatable bonds is 5. The molecular formula is C14H15FN2O. The summed E-state index contributed by atoms with van der Waals surface area (Å²) in [5, 5.41) is 3.14. The smallest absolute Gasteiger partial charge is 0.141 e. The SMILES string of the molecule is COc1cccc(CCNc2ccc(F)cn2)c1. The number of methoxy groups -OCH3 is 1. The quantitative estimate of drug-likeness (QED) is 0.880. The van der Waals surface area contributed by atoms with Crippen LogP contribution in [0.1, 0.15) is 5.56 Å². The number of ether oxygens (including phenoxy) is 1. The summed E-state index contributed by atoms with van der Waals surface area (Å²) in [6.07, 6.45) is 2.06. The summed E-state index contributed by atoms with van der Waals surface area (Å²) in [6, 6.07) is 10.9. The molecule has 1 N–H and O–H groups in total. The molecule has 4 heteroatoms. The summed E-state index contributed by atoms with van der Waals surface area (Å²) in [7, 11) is 1.65. The molecule has 1 aromatic heterocycles. The van der Waals surface area contributed by atoms with E-state index in [1.54, 1.807) is 13.2 Å². The highest BCUT2D eigenvalue weighted by Gasteiger charge is 1.97. The maximum atomic E-state index is 12.7. The Labute approximate surface area is 106 Å². The molecule has 0 spiro atoms. The lowest BCUT2D eigenvalue weighted by atomic mass is 10.1. The van der Waals surface area contributed by atoms with E-state index in [0.29, 0.717) is 5.82 Å². The third-order valence-electron chi connectivity index (χ3n) is 2.58. The first-order valence-corrected chi connectivity index (χ1v) is 5.76. The second-order valence-corrected chi connectivity index (χ2v) is 3.89. The van der Waals surface area contributed by atoms with E-state index in [1.807, 2.05) is 24.3 Å². The lowest BCUT2D eigenvalue weighted by Crippen LogP contribution is -2.06. The van der Waals surface area contributed by atoms with E-state index in [4.69, 9.17) is 4.74 Å². The number of nitrogens with one attached hydrogen (secondary N) is 1. The molecular weight excluding hydrogens is 231 g/mol. The number of halogens is 1. The molecule has 1 heterocycles.